The van der Waals surface area contributed by atoms with Gasteiger partial charge < -0.3 is 14.9 Å². The van der Waals surface area contributed by atoms with Crippen molar-refractivity contribution < 1.29 is 14.7 Å². The van der Waals surface area contributed by atoms with Crippen LogP contribution in [-0.4, -0.2) is 60.0 Å². The van der Waals surface area contributed by atoms with Crippen molar-refractivity contribution in [3.8, 4) is 0 Å². The number of hydrogen-bond donors (Lipinski definition) is 1. The number of amides is 1. The number of piperidine rings is 1. The van der Waals surface area contributed by atoms with E-state index in [0.29, 0.717) is 12.3 Å². The fourth-order valence-corrected chi connectivity index (χ4v) is 3.27. The molecule has 0 aromatic carbocycles. The summed E-state index contributed by atoms with van der Waals surface area (Å²) in [7, 11) is 2.18. The molecule has 0 unspecified atom stereocenters. The third-order valence-electron chi connectivity index (χ3n) is 4.81. The highest BCUT2D eigenvalue weighted by atomic mass is 16.4. The molecule has 2 rings (SSSR count). The number of carboxylic acid groups (broad SMARTS) is 1. The first-order valence-corrected chi connectivity index (χ1v) is 8.23. The van der Waals surface area contributed by atoms with Crippen molar-refractivity contribution in [2.24, 2.45) is 17.8 Å². The minimum Gasteiger partial charge on any atom is -0.481 e. The Hall–Kier alpha value is -1.10. The van der Waals surface area contributed by atoms with Crippen LogP contribution in [0, 0.1) is 17.8 Å². The molecular formula is C16H28N2O3. The molecule has 1 heterocycles. The van der Waals surface area contributed by atoms with E-state index in [4.69, 9.17) is 5.11 Å². The highest BCUT2D eigenvalue weighted by molar-refractivity contribution is 5.89. The summed E-state index contributed by atoms with van der Waals surface area (Å²) in [6.45, 7) is 6.07. The molecule has 0 aromatic heterocycles. The van der Waals surface area contributed by atoms with E-state index in [-0.39, 0.29) is 11.8 Å². The van der Waals surface area contributed by atoms with Gasteiger partial charge in [-0.2, -0.15) is 0 Å². The molecule has 1 aliphatic heterocycles. The maximum atomic E-state index is 12.2. The maximum Gasteiger partial charge on any atom is 0.307 e. The molecule has 1 N–H and O–H groups in total. The fourth-order valence-electron chi connectivity index (χ4n) is 3.27. The predicted molar refractivity (Wildman–Crippen MR) is 80.9 cm³/mol. The van der Waals surface area contributed by atoms with E-state index < -0.39 is 11.9 Å². The molecule has 1 saturated carbocycles. The molecule has 2 fully saturated rings. The van der Waals surface area contributed by atoms with E-state index in [1.165, 1.54) is 12.8 Å². The first-order chi connectivity index (χ1) is 10.0. The molecular weight excluding hydrogens is 268 g/mol. The number of likely N-dealkylation sites (tertiary alicyclic amines) is 1. The van der Waals surface area contributed by atoms with Crippen LogP contribution >= 0.6 is 0 Å². The molecule has 0 bridgehead atoms. The number of unbranched alkanes of at least 4 members (excludes halogenated alkanes) is 1. The lowest BCUT2D eigenvalue weighted by molar-refractivity contribution is -0.142. The highest BCUT2D eigenvalue weighted by Crippen LogP contribution is 2.40. The molecule has 2 atom stereocenters. The second-order valence-electron chi connectivity index (χ2n) is 6.67. The topological polar surface area (TPSA) is 60.9 Å². The first-order valence-electron chi connectivity index (χ1n) is 8.23. The molecule has 120 valence electrons. The molecule has 1 aliphatic carbocycles. The smallest absolute Gasteiger partial charge is 0.307 e. The van der Waals surface area contributed by atoms with Gasteiger partial charge in [0.05, 0.1) is 11.8 Å². The van der Waals surface area contributed by atoms with Gasteiger partial charge >= 0.3 is 5.97 Å². The van der Waals surface area contributed by atoms with Crippen LogP contribution in [0.4, 0.5) is 0 Å². The molecule has 5 nitrogen and oxygen atoms in total. The second-order valence-corrected chi connectivity index (χ2v) is 6.67. The SMILES string of the molecule is CCCCN(C)CC1CCN(C(=O)[C@@H]2C[C@@H]2C(=O)O)CC1. The Balaban J connectivity index is 1.69. The number of nitrogens with zero attached hydrogens (tertiary/aromatic N) is 2. The third-order valence-corrected chi connectivity index (χ3v) is 4.81. The zero-order valence-electron chi connectivity index (χ0n) is 13.3. The van der Waals surface area contributed by atoms with Gasteiger partial charge in [-0.1, -0.05) is 13.3 Å². The van der Waals surface area contributed by atoms with Crippen LogP contribution in [0.15, 0.2) is 0 Å². The quantitative estimate of drug-likeness (QED) is 0.776. The molecule has 1 saturated heterocycles. The Morgan fingerprint density at radius 1 is 1.24 bits per heavy atom. The summed E-state index contributed by atoms with van der Waals surface area (Å²) < 4.78 is 0. The van der Waals surface area contributed by atoms with Crippen molar-refractivity contribution in [2.45, 2.75) is 39.0 Å². The summed E-state index contributed by atoms with van der Waals surface area (Å²) >= 11 is 0. The van der Waals surface area contributed by atoms with Gasteiger partial charge in [0, 0.05) is 19.6 Å². The minimum absolute atomic E-state index is 0.0696. The van der Waals surface area contributed by atoms with Crippen molar-refractivity contribution in [3.63, 3.8) is 0 Å². The number of carbonyl (C=O) groups excluding carboxylic acids is 1. The van der Waals surface area contributed by atoms with E-state index in [1.54, 1.807) is 0 Å². The summed E-state index contributed by atoms with van der Waals surface area (Å²) in [4.78, 5) is 27.3. The van der Waals surface area contributed by atoms with Gasteiger partial charge in [0.15, 0.2) is 0 Å². The highest BCUT2D eigenvalue weighted by Gasteiger charge is 2.50. The lowest BCUT2D eigenvalue weighted by Gasteiger charge is -2.34. The van der Waals surface area contributed by atoms with Crippen LogP contribution in [0.2, 0.25) is 0 Å². The Morgan fingerprint density at radius 2 is 1.90 bits per heavy atom. The molecule has 2 aliphatic rings. The number of rotatable bonds is 7. The molecule has 0 spiro atoms. The summed E-state index contributed by atoms with van der Waals surface area (Å²) in [6, 6.07) is 0. The lowest BCUT2D eigenvalue weighted by atomic mass is 9.96. The van der Waals surface area contributed by atoms with Crippen LogP contribution in [0.3, 0.4) is 0 Å². The van der Waals surface area contributed by atoms with Crippen LogP contribution < -0.4 is 0 Å². The standard InChI is InChI=1S/C16H28N2O3/c1-3-4-7-17(2)11-12-5-8-18(9-6-12)15(19)13-10-14(13)16(20)21/h12-14H,3-11H2,1-2H3,(H,20,21)/t13-,14+/m1/s1. The van der Waals surface area contributed by atoms with Crippen molar-refractivity contribution in [1.82, 2.24) is 9.80 Å². The average molecular weight is 296 g/mol. The van der Waals surface area contributed by atoms with Crippen molar-refractivity contribution >= 4 is 11.9 Å². The average Bonchev–Trinajstić information content (AvgIpc) is 3.26. The summed E-state index contributed by atoms with van der Waals surface area (Å²) in [6.07, 6.45) is 5.10. The van der Waals surface area contributed by atoms with E-state index in [2.05, 4.69) is 18.9 Å². The van der Waals surface area contributed by atoms with E-state index in [9.17, 15) is 9.59 Å². The van der Waals surface area contributed by atoms with Gasteiger partial charge in [0.25, 0.3) is 0 Å². The monoisotopic (exact) mass is 296 g/mol. The zero-order chi connectivity index (χ0) is 15.4. The van der Waals surface area contributed by atoms with E-state index in [0.717, 1.165) is 39.0 Å². The minimum atomic E-state index is -0.819. The van der Waals surface area contributed by atoms with Crippen LogP contribution in [0.1, 0.15) is 39.0 Å². The normalized spacial score (nSPS) is 26.1. The van der Waals surface area contributed by atoms with E-state index >= 15 is 0 Å². The van der Waals surface area contributed by atoms with Crippen molar-refractivity contribution in [1.29, 1.82) is 0 Å². The van der Waals surface area contributed by atoms with Gasteiger partial charge in [-0.25, -0.2) is 0 Å². The first kappa shape index (κ1) is 16.3. The third kappa shape index (κ3) is 4.43. The van der Waals surface area contributed by atoms with Gasteiger partial charge in [-0.3, -0.25) is 9.59 Å². The van der Waals surface area contributed by atoms with Gasteiger partial charge in [0.2, 0.25) is 5.91 Å². The largest absolute Gasteiger partial charge is 0.481 e. The Kier molecular flexibility index (Phi) is 5.62. The molecule has 5 heteroatoms. The summed E-state index contributed by atoms with van der Waals surface area (Å²) in [5, 5.41) is 8.91. The van der Waals surface area contributed by atoms with Crippen LogP contribution in [0.5, 0.6) is 0 Å². The van der Waals surface area contributed by atoms with Crippen molar-refractivity contribution in [2.75, 3.05) is 33.2 Å². The fraction of sp³-hybridized carbons (Fsp3) is 0.875. The van der Waals surface area contributed by atoms with Crippen molar-refractivity contribution in [3.05, 3.63) is 0 Å². The summed E-state index contributed by atoms with van der Waals surface area (Å²) in [5.41, 5.74) is 0. The zero-order valence-corrected chi connectivity index (χ0v) is 13.3. The summed E-state index contributed by atoms with van der Waals surface area (Å²) in [5.74, 6) is -0.743. The number of aliphatic carboxylic acids is 1. The number of carbonyl (C=O) groups is 2. The van der Waals surface area contributed by atoms with Gasteiger partial charge in [0.1, 0.15) is 0 Å². The van der Waals surface area contributed by atoms with Gasteiger partial charge in [-0.15, -0.1) is 0 Å². The molecule has 1 amide bonds. The molecule has 21 heavy (non-hydrogen) atoms. The lowest BCUT2D eigenvalue weighted by Crippen LogP contribution is -2.42. The van der Waals surface area contributed by atoms with Gasteiger partial charge in [-0.05, 0) is 45.2 Å². The Labute approximate surface area is 127 Å². The maximum absolute atomic E-state index is 12.2. The predicted octanol–water partition coefficient (Wildman–Crippen LogP) is 1.68. The van der Waals surface area contributed by atoms with E-state index in [1.807, 2.05) is 4.90 Å². The Morgan fingerprint density at radius 3 is 2.43 bits per heavy atom. The second kappa shape index (κ2) is 7.25. The van der Waals surface area contributed by atoms with Crippen LogP contribution in [-0.2, 0) is 9.59 Å². The molecule has 0 radical (unpaired) electrons. The van der Waals surface area contributed by atoms with Crippen LogP contribution in [0.25, 0.3) is 0 Å². The Bertz CT molecular complexity index is 378. The number of hydrogen-bond acceptors (Lipinski definition) is 3. The molecule has 0 aromatic rings. The number of carboxylic acids is 1.